The third-order valence-corrected chi connectivity index (χ3v) is 7.11. The molecule has 0 aromatic heterocycles. The van der Waals surface area contributed by atoms with E-state index in [1.807, 2.05) is 6.92 Å². The lowest BCUT2D eigenvalue weighted by Crippen LogP contribution is -2.55. The third kappa shape index (κ3) is 3.37. The highest BCUT2D eigenvalue weighted by molar-refractivity contribution is 8.16. The first-order valence-corrected chi connectivity index (χ1v) is 10.6. The summed E-state index contributed by atoms with van der Waals surface area (Å²) in [6.45, 7) is 6.94. The number of fused-ring (bicyclic) bond motifs is 1. The molecule has 0 bridgehead atoms. The molecule has 0 unspecified atom stereocenters. The Bertz CT molecular complexity index is 1010. The lowest BCUT2D eigenvalue weighted by atomic mass is 9.83. The number of nitrogens with one attached hydrogen (secondary N) is 1. The van der Waals surface area contributed by atoms with E-state index in [2.05, 4.69) is 17.0 Å². The quantitative estimate of drug-likeness (QED) is 0.734. The number of benzene rings is 1. The summed E-state index contributed by atoms with van der Waals surface area (Å²) in [7, 11) is 0. The largest absolute Gasteiger partial charge is 0.385 e. The number of hydrazone groups is 1. The maximum absolute atomic E-state index is 14.6. The van der Waals surface area contributed by atoms with Crippen molar-refractivity contribution in [3.8, 4) is 0 Å². The maximum Gasteiger partial charge on any atom is 0.142 e. The van der Waals surface area contributed by atoms with Crippen LogP contribution < -0.4 is 11.1 Å². The van der Waals surface area contributed by atoms with Crippen LogP contribution >= 0.6 is 11.8 Å². The molecule has 4 rings (SSSR count). The maximum atomic E-state index is 14.6. The lowest BCUT2D eigenvalue weighted by Gasteiger charge is -2.48. The predicted octanol–water partition coefficient (Wildman–Crippen LogP) is 4.54. The number of hydrogen-bond donors (Lipinski definition) is 2. The van der Waals surface area contributed by atoms with Gasteiger partial charge in [-0.15, -0.1) is 0 Å². The molecule has 2 aliphatic heterocycles. The normalized spacial score (nSPS) is 25.6. The van der Waals surface area contributed by atoms with Crippen molar-refractivity contribution in [1.82, 2.24) is 10.3 Å². The van der Waals surface area contributed by atoms with Gasteiger partial charge in [0.2, 0.25) is 0 Å². The summed E-state index contributed by atoms with van der Waals surface area (Å²) in [5, 5.41) is 10.2. The van der Waals surface area contributed by atoms with Gasteiger partial charge in [0, 0.05) is 29.4 Å². The fraction of sp³-hybridized carbons (Fsp3) is 0.318. The van der Waals surface area contributed by atoms with Crippen LogP contribution in [0.25, 0.3) is 0 Å². The summed E-state index contributed by atoms with van der Waals surface area (Å²) in [5.41, 5.74) is 8.39. The van der Waals surface area contributed by atoms with Gasteiger partial charge in [-0.2, -0.15) is 5.10 Å². The van der Waals surface area contributed by atoms with E-state index in [0.717, 1.165) is 29.5 Å². The van der Waals surface area contributed by atoms with Gasteiger partial charge >= 0.3 is 0 Å². The molecule has 30 heavy (non-hydrogen) atoms. The Morgan fingerprint density at radius 2 is 2.17 bits per heavy atom. The number of rotatable bonds is 4. The van der Waals surface area contributed by atoms with E-state index in [-0.39, 0.29) is 17.3 Å². The van der Waals surface area contributed by atoms with Gasteiger partial charge in [-0.25, -0.2) is 18.2 Å². The molecule has 158 valence electrons. The highest BCUT2D eigenvalue weighted by Crippen LogP contribution is 2.55. The molecule has 0 radical (unpaired) electrons. The van der Waals surface area contributed by atoms with Crippen LogP contribution in [0, 0.1) is 17.6 Å². The van der Waals surface area contributed by atoms with E-state index in [9.17, 15) is 13.2 Å². The molecule has 0 saturated heterocycles. The minimum absolute atomic E-state index is 0.0104. The van der Waals surface area contributed by atoms with E-state index in [1.54, 1.807) is 11.1 Å². The minimum atomic E-state index is -0.759. The molecule has 0 saturated carbocycles. The fourth-order valence-electron chi connectivity index (χ4n) is 4.22. The van der Waals surface area contributed by atoms with Gasteiger partial charge in [-0.05, 0) is 68.3 Å². The van der Waals surface area contributed by atoms with Crippen LogP contribution in [-0.2, 0) is 0 Å². The topological polar surface area (TPSA) is 53.6 Å². The molecule has 3 N–H and O–H groups in total. The van der Waals surface area contributed by atoms with Gasteiger partial charge < -0.3 is 11.1 Å². The Morgan fingerprint density at radius 1 is 1.37 bits per heavy atom. The van der Waals surface area contributed by atoms with Gasteiger partial charge in [-0.1, -0.05) is 18.3 Å². The molecular formula is C22H23F3N4S. The van der Waals surface area contributed by atoms with Crippen molar-refractivity contribution in [3.05, 3.63) is 83.0 Å². The minimum Gasteiger partial charge on any atom is -0.385 e. The molecule has 2 atom stereocenters. The van der Waals surface area contributed by atoms with Gasteiger partial charge in [-0.3, -0.25) is 0 Å². The van der Waals surface area contributed by atoms with E-state index < -0.39 is 16.5 Å². The Kier molecular flexibility index (Phi) is 5.55. The highest BCUT2D eigenvalue weighted by atomic mass is 32.2. The predicted molar refractivity (Wildman–Crippen MR) is 115 cm³/mol. The van der Waals surface area contributed by atoms with Crippen molar-refractivity contribution in [3.63, 3.8) is 0 Å². The molecule has 3 aliphatic rings. The molecular weight excluding hydrogens is 409 g/mol. The summed E-state index contributed by atoms with van der Waals surface area (Å²) in [6.07, 6.45) is 5.68. The van der Waals surface area contributed by atoms with Crippen molar-refractivity contribution >= 4 is 16.8 Å². The monoisotopic (exact) mass is 432 g/mol. The zero-order valence-corrected chi connectivity index (χ0v) is 17.4. The average Bonchev–Trinajstić information content (AvgIpc) is 2.99. The Labute approximate surface area is 178 Å². The number of allylic oxidation sites excluding steroid dienone is 5. The van der Waals surface area contributed by atoms with Crippen LogP contribution in [0.15, 0.2) is 70.9 Å². The van der Waals surface area contributed by atoms with Crippen LogP contribution in [0.3, 0.4) is 0 Å². The zero-order chi connectivity index (χ0) is 21.5. The second-order valence-corrected chi connectivity index (χ2v) is 8.76. The molecule has 0 amide bonds. The smallest absolute Gasteiger partial charge is 0.142 e. The zero-order valence-electron chi connectivity index (χ0n) is 16.6. The molecule has 4 nitrogen and oxygen atoms in total. The van der Waals surface area contributed by atoms with Crippen molar-refractivity contribution in [2.24, 2.45) is 16.8 Å². The number of nitrogens with zero attached hydrogens (tertiary/aromatic N) is 2. The Balaban J connectivity index is 1.89. The first kappa shape index (κ1) is 20.8. The molecule has 1 aromatic carbocycles. The van der Waals surface area contributed by atoms with Gasteiger partial charge in [0.15, 0.2) is 0 Å². The van der Waals surface area contributed by atoms with E-state index in [4.69, 9.17) is 5.73 Å². The number of hydrogen-bond acceptors (Lipinski definition) is 5. The van der Waals surface area contributed by atoms with E-state index in [1.165, 1.54) is 23.9 Å². The van der Waals surface area contributed by atoms with Gasteiger partial charge in [0.05, 0.1) is 0 Å². The SMILES string of the molecule is C=C(C)N1N=C(c2cc(F)ccc2F)S[C@@]12C1=C(C=CC(F)=CC1)NC[C@@H]2CCN. The summed E-state index contributed by atoms with van der Waals surface area (Å²) in [6, 6.07) is 3.33. The third-order valence-electron chi connectivity index (χ3n) is 5.55. The second kappa shape index (κ2) is 8.00. The first-order chi connectivity index (χ1) is 14.4. The van der Waals surface area contributed by atoms with Crippen LogP contribution in [-0.4, -0.2) is 28.0 Å². The second-order valence-electron chi connectivity index (χ2n) is 7.55. The standard InChI is InChI=1S/C22H23F3N4S/c1-13(2)29-22(30-21(28-29)17-11-16(24)4-7-19(17)25)14(9-10-26)12-27-20-8-5-15(23)3-6-18(20)22/h3-5,7-8,11,14,27H,1,6,9-10,12,26H2,2H3/t14-,22-/m0/s1. The lowest BCUT2D eigenvalue weighted by molar-refractivity contribution is 0.174. The summed E-state index contributed by atoms with van der Waals surface area (Å²) in [5.74, 6) is -1.42. The summed E-state index contributed by atoms with van der Waals surface area (Å²) < 4.78 is 42.5. The van der Waals surface area contributed by atoms with Crippen LogP contribution in [0.4, 0.5) is 13.2 Å². The Morgan fingerprint density at radius 3 is 2.90 bits per heavy atom. The van der Waals surface area contributed by atoms with Crippen LogP contribution in [0.2, 0.25) is 0 Å². The van der Waals surface area contributed by atoms with Crippen molar-refractivity contribution in [2.45, 2.75) is 24.6 Å². The Hall–Kier alpha value is -2.45. The summed E-state index contributed by atoms with van der Waals surface area (Å²) in [4.78, 5) is -0.759. The van der Waals surface area contributed by atoms with Crippen LogP contribution in [0.5, 0.6) is 0 Å². The first-order valence-electron chi connectivity index (χ1n) is 9.77. The van der Waals surface area contributed by atoms with Gasteiger partial charge in [0.25, 0.3) is 0 Å². The molecule has 8 heteroatoms. The van der Waals surface area contributed by atoms with E-state index >= 15 is 0 Å². The average molecular weight is 433 g/mol. The number of halogens is 3. The molecule has 1 aromatic rings. The van der Waals surface area contributed by atoms with Crippen molar-refractivity contribution < 1.29 is 13.2 Å². The fourth-order valence-corrected chi connectivity index (χ4v) is 5.87. The molecule has 1 aliphatic carbocycles. The molecule has 1 spiro atoms. The van der Waals surface area contributed by atoms with Gasteiger partial charge in [0.1, 0.15) is 27.4 Å². The van der Waals surface area contributed by atoms with Crippen molar-refractivity contribution in [1.29, 1.82) is 0 Å². The van der Waals surface area contributed by atoms with E-state index in [0.29, 0.717) is 36.7 Å². The van der Waals surface area contributed by atoms with Crippen LogP contribution in [0.1, 0.15) is 25.3 Å². The molecule has 0 fully saturated rings. The number of nitrogens with two attached hydrogens (primary N) is 1. The summed E-state index contributed by atoms with van der Waals surface area (Å²) >= 11 is 1.36. The van der Waals surface area contributed by atoms with Crippen molar-refractivity contribution in [2.75, 3.05) is 13.1 Å². The molecule has 2 heterocycles. The highest BCUT2D eigenvalue weighted by Gasteiger charge is 2.55. The number of thioether (sulfide) groups is 1.